The number of esters is 1. The Labute approximate surface area is 76.7 Å². The maximum atomic E-state index is 11.3. The molecule has 0 amide bonds. The van der Waals surface area contributed by atoms with Gasteiger partial charge < -0.3 is 10.5 Å². The van der Waals surface area contributed by atoms with E-state index in [4.69, 9.17) is 5.73 Å². The molecule has 0 aliphatic rings. The van der Waals surface area contributed by atoms with Gasteiger partial charge >= 0.3 is 5.97 Å². The third-order valence-corrected chi connectivity index (χ3v) is 1.82. The molecule has 0 unspecified atom stereocenters. The molecule has 0 bridgehead atoms. The van der Waals surface area contributed by atoms with E-state index in [0.29, 0.717) is 17.7 Å². The third-order valence-electron chi connectivity index (χ3n) is 1.82. The number of aryl methyl sites for hydroxylation is 1. The molecule has 1 rings (SSSR count). The van der Waals surface area contributed by atoms with E-state index in [2.05, 4.69) is 9.72 Å². The zero-order chi connectivity index (χ0) is 9.84. The van der Waals surface area contributed by atoms with Gasteiger partial charge in [0, 0.05) is 6.20 Å². The summed E-state index contributed by atoms with van der Waals surface area (Å²) in [6, 6.07) is 0. The monoisotopic (exact) mass is 180 g/mol. The minimum absolute atomic E-state index is 0.367. The van der Waals surface area contributed by atoms with Crippen LogP contribution in [0.2, 0.25) is 0 Å². The number of pyridine rings is 1. The molecule has 0 saturated heterocycles. The lowest BCUT2D eigenvalue weighted by atomic mass is 10.1. The summed E-state index contributed by atoms with van der Waals surface area (Å²) in [5, 5.41) is 0. The van der Waals surface area contributed by atoms with Gasteiger partial charge in [-0.1, -0.05) is 6.92 Å². The number of nitrogens with zero attached hydrogens (tertiary/aromatic N) is 1. The lowest BCUT2D eigenvalue weighted by molar-refractivity contribution is 0.0600. The molecule has 0 fully saturated rings. The molecule has 4 nitrogen and oxygen atoms in total. The summed E-state index contributed by atoms with van der Waals surface area (Å²) in [6.45, 7) is 1.93. The van der Waals surface area contributed by atoms with Crippen molar-refractivity contribution in [1.29, 1.82) is 0 Å². The van der Waals surface area contributed by atoms with E-state index in [0.717, 1.165) is 5.56 Å². The normalized spacial score (nSPS) is 9.69. The van der Waals surface area contributed by atoms with Crippen LogP contribution in [0.1, 0.15) is 22.8 Å². The van der Waals surface area contributed by atoms with Crippen LogP contribution in [-0.2, 0) is 11.2 Å². The number of hydrogen-bond donors (Lipinski definition) is 1. The SMILES string of the molecule is CCc1cncc(N)c1C(=O)OC. The molecule has 1 aromatic rings. The Hall–Kier alpha value is -1.58. The molecule has 4 heteroatoms. The molecule has 0 saturated carbocycles. The molecule has 0 radical (unpaired) electrons. The lowest BCUT2D eigenvalue weighted by Gasteiger charge is -2.07. The van der Waals surface area contributed by atoms with Gasteiger partial charge in [-0.2, -0.15) is 0 Å². The zero-order valence-electron chi connectivity index (χ0n) is 7.70. The Balaban J connectivity index is 3.22. The minimum atomic E-state index is -0.406. The van der Waals surface area contributed by atoms with Gasteiger partial charge in [-0.05, 0) is 12.0 Å². The highest BCUT2D eigenvalue weighted by atomic mass is 16.5. The summed E-state index contributed by atoms with van der Waals surface area (Å²) in [5.41, 5.74) is 7.22. The number of nitrogens with two attached hydrogens (primary N) is 1. The van der Waals surface area contributed by atoms with Crippen molar-refractivity contribution in [2.24, 2.45) is 0 Å². The zero-order valence-corrected chi connectivity index (χ0v) is 7.70. The van der Waals surface area contributed by atoms with Gasteiger partial charge in [-0.25, -0.2) is 4.79 Å². The van der Waals surface area contributed by atoms with Crippen LogP contribution in [0.15, 0.2) is 12.4 Å². The molecule has 2 N–H and O–H groups in total. The van der Waals surface area contributed by atoms with Crippen molar-refractivity contribution < 1.29 is 9.53 Å². The first kappa shape index (κ1) is 9.51. The number of aromatic nitrogens is 1. The molecule has 0 atom stereocenters. The highest BCUT2D eigenvalue weighted by Crippen LogP contribution is 2.16. The minimum Gasteiger partial charge on any atom is -0.465 e. The topological polar surface area (TPSA) is 65.2 Å². The van der Waals surface area contributed by atoms with Gasteiger partial charge in [0.05, 0.1) is 24.6 Å². The number of methoxy groups -OCH3 is 1. The largest absolute Gasteiger partial charge is 0.465 e. The summed E-state index contributed by atoms with van der Waals surface area (Å²) in [5.74, 6) is -0.406. The maximum absolute atomic E-state index is 11.3. The van der Waals surface area contributed by atoms with Crippen molar-refractivity contribution in [2.75, 3.05) is 12.8 Å². The summed E-state index contributed by atoms with van der Waals surface area (Å²) in [7, 11) is 1.33. The van der Waals surface area contributed by atoms with Crippen LogP contribution in [0.5, 0.6) is 0 Å². The second-order valence-corrected chi connectivity index (χ2v) is 2.61. The van der Waals surface area contributed by atoms with Gasteiger partial charge in [0.25, 0.3) is 0 Å². The molecule has 0 aliphatic carbocycles. The number of hydrogen-bond acceptors (Lipinski definition) is 4. The predicted molar refractivity (Wildman–Crippen MR) is 49.4 cm³/mol. The molecule has 1 aromatic heterocycles. The molecule has 13 heavy (non-hydrogen) atoms. The first-order valence-electron chi connectivity index (χ1n) is 4.01. The Kier molecular flexibility index (Phi) is 2.84. The fourth-order valence-electron chi connectivity index (χ4n) is 1.14. The maximum Gasteiger partial charge on any atom is 0.340 e. The molecular formula is C9H12N2O2. The van der Waals surface area contributed by atoms with E-state index < -0.39 is 5.97 Å². The van der Waals surface area contributed by atoms with Crippen molar-refractivity contribution in [3.05, 3.63) is 23.5 Å². The second-order valence-electron chi connectivity index (χ2n) is 2.61. The highest BCUT2D eigenvalue weighted by Gasteiger charge is 2.14. The van der Waals surface area contributed by atoms with Crippen LogP contribution in [0.25, 0.3) is 0 Å². The fraction of sp³-hybridized carbons (Fsp3) is 0.333. The predicted octanol–water partition coefficient (Wildman–Crippen LogP) is 1.01. The van der Waals surface area contributed by atoms with E-state index in [9.17, 15) is 4.79 Å². The number of carbonyl (C=O) groups excluding carboxylic acids is 1. The summed E-state index contributed by atoms with van der Waals surface area (Å²) >= 11 is 0. The van der Waals surface area contributed by atoms with E-state index in [1.54, 1.807) is 6.20 Å². The van der Waals surface area contributed by atoms with Gasteiger partial charge in [0.1, 0.15) is 0 Å². The Morgan fingerprint density at radius 3 is 2.85 bits per heavy atom. The van der Waals surface area contributed by atoms with Crippen molar-refractivity contribution in [3.8, 4) is 0 Å². The molecule has 0 aliphatic heterocycles. The van der Waals surface area contributed by atoms with Gasteiger partial charge in [-0.15, -0.1) is 0 Å². The van der Waals surface area contributed by atoms with Crippen LogP contribution in [0.3, 0.4) is 0 Å². The second kappa shape index (κ2) is 3.89. The van der Waals surface area contributed by atoms with Crippen molar-refractivity contribution >= 4 is 11.7 Å². The van der Waals surface area contributed by atoms with E-state index in [1.165, 1.54) is 13.3 Å². The van der Waals surface area contributed by atoms with Crippen LogP contribution in [0.4, 0.5) is 5.69 Å². The van der Waals surface area contributed by atoms with E-state index in [-0.39, 0.29) is 0 Å². The quantitative estimate of drug-likeness (QED) is 0.690. The van der Waals surface area contributed by atoms with Gasteiger partial charge in [-0.3, -0.25) is 4.98 Å². The standard InChI is InChI=1S/C9H12N2O2/c1-3-6-4-11-5-7(10)8(6)9(12)13-2/h4-5H,3,10H2,1-2H3. The number of nitrogen functional groups attached to an aromatic ring is 1. The van der Waals surface area contributed by atoms with Crippen molar-refractivity contribution in [1.82, 2.24) is 4.98 Å². The Morgan fingerprint density at radius 1 is 1.62 bits per heavy atom. The molecular weight excluding hydrogens is 168 g/mol. The van der Waals surface area contributed by atoms with Crippen LogP contribution in [0, 0.1) is 0 Å². The Morgan fingerprint density at radius 2 is 2.31 bits per heavy atom. The average Bonchev–Trinajstić information content (AvgIpc) is 2.16. The first-order chi connectivity index (χ1) is 6.20. The van der Waals surface area contributed by atoms with Crippen LogP contribution in [-0.4, -0.2) is 18.1 Å². The lowest BCUT2D eigenvalue weighted by Crippen LogP contribution is -2.09. The van der Waals surface area contributed by atoms with Gasteiger partial charge in [0.2, 0.25) is 0 Å². The summed E-state index contributed by atoms with van der Waals surface area (Å²) in [6.07, 6.45) is 3.79. The first-order valence-corrected chi connectivity index (χ1v) is 4.01. The Bertz CT molecular complexity index is 323. The van der Waals surface area contributed by atoms with E-state index >= 15 is 0 Å². The average molecular weight is 180 g/mol. The fourth-order valence-corrected chi connectivity index (χ4v) is 1.14. The number of rotatable bonds is 2. The van der Waals surface area contributed by atoms with Crippen LogP contribution < -0.4 is 5.73 Å². The molecule has 1 heterocycles. The smallest absolute Gasteiger partial charge is 0.340 e. The third kappa shape index (κ3) is 1.77. The van der Waals surface area contributed by atoms with E-state index in [1.807, 2.05) is 6.92 Å². The number of carbonyl (C=O) groups is 1. The van der Waals surface area contributed by atoms with Crippen LogP contribution >= 0.6 is 0 Å². The number of anilines is 1. The van der Waals surface area contributed by atoms with Crippen molar-refractivity contribution in [2.45, 2.75) is 13.3 Å². The summed E-state index contributed by atoms with van der Waals surface area (Å²) in [4.78, 5) is 15.2. The van der Waals surface area contributed by atoms with Gasteiger partial charge in [0.15, 0.2) is 0 Å². The molecule has 70 valence electrons. The molecule has 0 spiro atoms. The molecule has 0 aromatic carbocycles. The van der Waals surface area contributed by atoms with Crippen molar-refractivity contribution in [3.63, 3.8) is 0 Å². The summed E-state index contributed by atoms with van der Waals surface area (Å²) < 4.78 is 4.61. The highest BCUT2D eigenvalue weighted by molar-refractivity contribution is 5.96. The number of ether oxygens (including phenoxy) is 1.